The fraction of sp³-hybridized carbons (Fsp3) is 0.111. The average molecular weight is 231 g/mol. The van der Waals surface area contributed by atoms with Gasteiger partial charge in [0.1, 0.15) is 11.5 Å². The van der Waals surface area contributed by atoms with Crippen LogP contribution in [0.4, 0.5) is 0 Å². The highest BCUT2D eigenvalue weighted by Gasteiger charge is 2.01. The lowest BCUT2D eigenvalue weighted by atomic mass is 10.3. The summed E-state index contributed by atoms with van der Waals surface area (Å²) in [5.74, 6) is 0.433. The number of carbonyl (C=O) groups excluding carboxylic acids is 1. The average Bonchev–Trinajstić information content (AvgIpc) is 2.01. The summed E-state index contributed by atoms with van der Waals surface area (Å²) in [4.78, 5) is 10.6. The number of carbonyl (C=O) groups is 1. The van der Waals surface area contributed by atoms with E-state index < -0.39 is 5.97 Å². The van der Waals surface area contributed by atoms with Crippen molar-refractivity contribution in [3.63, 3.8) is 0 Å². The van der Waals surface area contributed by atoms with Gasteiger partial charge in [0, 0.05) is 13.0 Å². The van der Waals surface area contributed by atoms with Crippen LogP contribution in [0, 0.1) is 0 Å². The van der Waals surface area contributed by atoms with Crippen LogP contribution in [0.3, 0.4) is 0 Å². The van der Waals surface area contributed by atoms with Crippen LogP contribution in [0.1, 0.15) is 6.92 Å². The molecule has 0 aromatic heterocycles. The molecule has 1 rings (SSSR count). The molecule has 3 nitrogen and oxygen atoms in total. The number of thiocarbonyl (C=S) groups is 1. The van der Waals surface area contributed by atoms with E-state index in [4.69, 9.17) is 21.1 Å². The fourth-order valence-electron chi connectivity index (χ4n) is 0.860. The molecule has 1 aromatic rings. The van der Waals surface area contributed by atoms with Gasteiger partial charge in [-0.1, -0.05) is 6.07 Å². The minimum Gasteiger partial charge on any atom is -0.436 e. The van der Waals surface area contributed by atoms with Crippen LogP contribution in [0.5, 0.6) is 11.5 Å². The van der Waals surface area contributed by atoms with Gasteiger partial charge in [0.2, 0.25) is 0 Å². The molecule has 0 aliphatic carbocycles. The van der Waals surface area contributed by atoms with Gasteiger partial charge < -0.3 is 9.47 Å². The molecule has 74 valence electrons. The number of esters is 1. The monoisotopic (exact) mass is 230 g/mol. The molecule has 1 aromatic carbocycles. The van der Waals surface area contributed by atoms with Gasteiger partial charge in [-0.25, -0.2) is 0 Å². The smallest absolute Gasteiger partial charge is 0.308 e. The van der Waals surface area contributed by atoms with Gasteiger partial charge in [0.15, 0.2) is 0 Å². The number of hydrogen-bond acceptors (Lipinski definition) is 4. The van der Waals surface area contributed by atoms with Crippen molar-refractivity contribution < 1.29 is 14.3 Å². The predicted molar refractivity (Wildman–Crippen MR) is 56.8 cm³/mol. The Morgan fingerprint density at radius 1 is 1.36 bits per heavy atom. The second-order valence-corrected chi connectivity index (χ2v) is 3.35. The third-order valence-corrected chi connectivity index (χ3v) is 1.43. The van der Waals surface area contributed by atoms with Crippen LogP contribution in [0.15, 0.2) is 24.3 Å². The number of hydrogen-bond donors (Lipinski definition) is 0. The summed E-state index contributed by atoms with van der Waals surface area (Å²) in [7, 11) is 0. The summed E-state index contributed by atoms with van der Waals surface area (Å²) in [6, 6.07) is 6.48. The molecule has 0 spiro atoms. The Morgan fingerprint density at radius 2 is 1.93 bits per heavy atom. The zero-order valence-electron chi connectivity index (χ0n) is 7.32. The van der Waals surface area contributed by atoms with Crippen molar-refractivity contribution in [3.05, 3.63) is 24.3 Å². The van der Waals surface area contributed by atoms with Crippen LogP contribution in [-0.4, -0.2) is 10.5 Å². The maximum Gasteiger partial charge on any atom is 0.308 e. The molecule has 0 atom stereocenters. The van der Waals surface area contributed by atoms with Gasteiger partial charge >= 0.3 is 5.97 Å². The predicted octanol–water partition coefficient (Wildman–Crippen LogP) is 2.51. The highest BCUT2D eigenvalue weighted by atomic mass is 35.5. The van der Waals surface area contributed by atoms with E-state index in [9.17, 15) is 4.79 Å². The normalized spacial score (nSPS) is 9.29. The minimum absolute atomic E-state index is 0.107. The van der Waals surface area contributed by atoms with Crippen molar-refractivity contribution in [1.29, 1.82) is 0 Å². The first-order valence-corrected chi connectivity index (χ1v) is 4.52. The van der Waals surface area contributed by atoms with E-state index in [-0.39, 0.29) is 4.51 Å². The first-order chi connectivity index (χ1) is 6.58. The number of halogens is 1. The van der Waals surface area contributed by atoms with Crippen LogP contribution < -0.4 is 9.47 Å². The van der Waals surface area contributed by atoms with E-state index in [0.717, 1.165) is 0 Å². The molecule has 14 heavy (non-hydrogen) atoms. The van der Waals surface area contributed by atoms with Gasteiger partial charge in [0.05, 0.1) is 0 Å². The zero-order chi connectivity index (χ0) is 10.6. The third-order valence-electron chi connectivity index (χ3n) is 1.27. The molecule has 0 aliphatic rings. The molecule has 0 aliphatic heterocycles. The van der Waals surface area contributed by atoms with Crippen LogP contribution >= 0.6 is 23.8 Å². The standard InChI is InChI=1S/C9H7ClO3S/c1-6(11)12-7-3-2-4-8(5-7)13-9(10)14/h2-5H,1H3. The topological polar surface area (TPSA) is 35.5 Å². The Labute approximate surface area is 91.6 Å². The minimum atomic E-state index is -0.393. The number of benzene rings is 1. The molecule has 0 bridgehead atoms. The summed E-state index contributed by atoms with van der Waals surface area (Å²) in [5, 5.41) is 0. The van der Waals surface area contributed by atoms with Crippen molar-refractivity contribution in [3.8, 4) is 11.5 Å². The van der Waals surface area contributed by atoms with E-state index >= 15 is 0 Å². The summed E-state index contributed by atoms with van der Waals surface area (Å²) in [6.07, 6.45) is 0. The molecule has 0 saturated heterocycles. The van der Waals surface area contributed by atoms with Crippen molar-refractivity contribution in [2.45, 2.75) is 6.92 Å². The van der Waals surface area contributed by atoms with Crippen LogP contribution in [0.25, 0.3) is 0 Å². The Balaban J connectivity index is 2.78. The molecular weight excluding hydrogens is 224 g/mol. The van der Waals surface area contributed by atoms with E-state index in [1.54, 1.807) is 18.2 Å². The van der Waals surface area contributed by atoms with Gasteiger partial charge in [-0.05, 0) is 36.0 Å². The van der Waals surface area contributed by atoms with Gasteiger partial charge in [-0.15, -0.1) is 0 Å². The molecule has 0 unspecified atom stereocenters. The lowest BCUT2D eigenvalue weighted by molar-refractivity contribution is -0.131. The van der Waals surface area contributed by atoms with Crippen molar-refractivity contribution in [2.24, 2.45) is 0 Å². The maximum absolute atomic E-state index is 10.6. The molecule has 0 heterocycles. The first-order valence-electron chi connectivity index (χ1n) is 3.74. The molecule has 0 N–H and O–H groups in total. The third kappa shape index (κ3) is 3.72. The van der Waals surface area contributed by atoms with Gasteiger partial charge in [-0.2, -0.15) is 0 Å². The van der Waals surface area contributed by atoms with Crippen LogP contribution in [0.2, 0.25) is 0 Å². The van der Waals surface area contributed by atoms with Gasteiger partial charge in [0.25, 0.3) is 4.51 Å². The highest BCUT2D eigenvalue weighted by molar-refractivity contribution is 7.82. The molecule has 0 amide bonds. The van der Waals surface area contributed by atoms with Gasteiger partial charge in [-0.3, -0.25) is 4.79 Å². The summed E-state index contributed by atoms with van der Waals surface area (Å²) < 4.78 is 9.67. The number of ether oxygens (including phenoxy) is 2. The Hall–Kier alpha value is -1.13. The summed E-state index contributed by atoms with van der Waals surface area (Å²) >= 11 is 9.92. The zero-order valence-corrected chi connectivity index (χ0v) is 8.89. The Bertz CT molecular complexity index is 334. The second kappa shape index (κ2) is 4.93. The molecule has 0 fully saturated rings. The largest absolute Gasteiger partial charge is 0.436 e. The van der Waals surface area contributed by atoms with Crippen LogP contribution in [-0.2, 0) is 4.79 Å². The highest BCUT2D eigenvalue weighted by Crippen LogP contribution is 2.20. The van der Waals surface area contributed by atoms with E-state index in [1.165, 1.54) is 13.0 Å². The van der Waals surface area contributed by atoms with E-state index in [0.29, 0.717) is 11.5 Å². The fourth-order valence-corrected chi connectivity index (χ4v) is 1.05. The summed E-state index contributed by atoms with van der Waals surface area (Å²) in [6.45, 7) is 1.32. The lowest BCUT2D eigenvalue weighted by Gasteiger charge is -2.04. The Kier molecular flexibility index (Phi) is 3.85. The van der Waals surface area contributed by atoms with E-state index in [2.05, 4.69) is 12.2 Å². The van der Waals surface area contributed by atoms with Crippen molar-refractivity contribution >= 4 is 34.3 Å². The SMILES string of the molecule is CC(=O)Oc1cccc(OC(=S)Cl)c1. The Morgan fingerprint density at radius 3 is 2.43 bits per heavy atom. The van der Waals surface area contributed by atoms with Crippen molar-refractivity contribution in [2.75, 3.05) is 0 Å². The molecular formula is C9H7ClO3S. The quantitative estimate of drug-likeness (QED) is 0.339. The number of rotatable bonds is 2. The lowest BCUT2D eigenvalue weighted by Crippen LogP contribution is -2.02. The molecule has 5 heteroatoms. The second-order valence-electron chi connectivity index (χ2n) is 2.41. The molecule has 0 saturated carbocycles. The summed E-state index contributed by atoms with van der Waals surface area (Å²) in [5.41, 5.74) is 0. The molecule has 0 radical (unpaired) electrons. The maximum atomic E-state index is 10.6. The first kappa shape index (κ1) is 10.9. The van der Waals surface area contributed by atoms with E-state index in [1.807, 2.05) is 0 Å². The van der Waals surface area contributed by atoms with Crippen molar-refractivity contribution in [1.82, 2.24) is 0 Å².